The van der Waals surface area contributed by atoms with Crippen LogP contribution in [0, 0.1) is 11.3 Å². The van der Waals surface area contributed by atoms with E-state index in [4.69, 9.17) is 4.98 Å². The molecule has 3 aromatic rings. The van der Waals surface area contributed by atoms with Crippen LogP contribution >= 0.6 is 11.3 Å². The summed E-state index contributed by atoms with van der Waals surface area (Å²) in [4.78, 5) is 34.9. The number of nitrogens with zero attached hydrogens (tertiary/aromatic N) is 1. The predicted molar refractivity (Wildman–Crippen MR) is 128 cm³/mol. The van der Waals surface area contributed by atoms with Crippen molar-refractivity contribution in [3.63, 3.8) is 0 Å². The third kappa shape index (κ3) is 4.74. The largest absolute Gasteiger partial charge is 0.326 e. The number of rotatable bonds is 5. The van der Waals surface area contributed by atoms with Crippen LogP contribution in [0.15, 0.2) is 29.1 Å². The SMILES string of the molecule is CCc1ccc(NC(=O)CCc2nc3sc4c(c3c(=O)[nH]2)CC[C@@H](C(C)(C)C)C4)cc1. The van der Waals surface area contributed by atoms with E-state index in [1.165, 1.54) is 16.0 Å². The molecule has 1 amide bonds. The van der Waals surface area contributed by atoms with E-state index in [9.17, 15) is 9.59 Å². The Hall–Kier alpha value is -2.47. The summed E-state index contributed by atoms with van der Waals surface area (Å²) >= 11 is 1.66. The molecule has 0 saturated heterocycles. The average Bonchev–Trinajstić information content (AvgIpc) is 3.10. The van der Waals surface area contributed by atoms with Crippen molar-refractivity contribution in [2.24, 2.45) is 11.3 Å². The number of aromatic nitrogens is 2. The Kier molecular flexibility index (Phi) is 6.02. The van der Waals surface area contributed by atoms with E-state index in [1.807, 2.05) is 24.3 Å². The quantitative estimate of drug-likeness (QED) is 0.571. The molecule has 2 N–H and O–H groups in total. The number of carbonyl (C=O) groups is 1. The van der Waals surface area contributed by atoms with E-state index in [-0.39, 0.29) is 23.3 Å². The van der Waals surface area contributed by atoms with Gasteiger partial charge >= 0.3 is 0 Å². The van der Waals surface area contributed by atoms with Crippen molar-refractivity contribution >= 4 is 33.1 Å². The number of H-pyrrole nitrogens is 1. The van der Waals surface area contributed by atoms with Crippen molar-refractivity contribution in [1.82, 2.24) is 9.97 Å². The number of amides is 1. The van der Waals surface area contributed by atoms with Crippen molar-refractivity contribution < 1.29 is 4.79 Å². The Morgan fingerprint density at radius 1 is 1.26 bits per heavy atom. The second-order valence-corrected chi connectivity index (χ2v) is 10.7. The zero-order valence-corrected chi connectivity index (χ0v) is 19.6. The van der Waals surface area contributed by atoms with Gasteiger partial charge in [-0.05, 0) is 60.3 Å². The number of benzene rings is 1. The Morgan fingerprint density at radius 2 is 2.00 bits per heavy atom. The maximum Gasteiger partial charge on any atom is 0.259 e. The molecule has 6 heteroatoms. The Morgan fingerprint density at radius 3 is 2.68 bits per heavy atom. The van der Waals surface area contributed by atoms with Crippen LogP contribution in [0.25, 0.3) is 10.2 Å². The molecule has 2 heterocycles. The molecule has 0 radical (unpaired) electrons. The molecule has 1 aliphatic carbocycles. The van der Waals surface area contributed by atoms with Gasteiger partial charge in [0.25, 0.3) is 5.56 Å². The van der Waals surface area contributed by atoms with Crippen LogP contribution in [0.5, 0.6) is 0 Å². The van der Waals surface area contributed by atoms with E-state index in [0.717, 1.165) is 41.6 Å². The number of nitrogens with one attached hydrogen (secondary N) is 2. The van der Waals surface area contributed by atoms with E-state index in [0.29, 0.717) is 18.2 Å². The fourth-order valence-electron chi connectivity index (χ4n) is 4.37. The molecule has 0 bridgehead atoms. The summed E-state index contributed by atoms with van der Waals surface area (Å²) in [6, 6.07) is 7.88. The monoisotopic (exact) mass is 437 g/mol. The summed E-state index contributed by atoms with van der Waals surface area (Å²) in [5.41, 5.74) is 3.42. The number of thiophene rings is 1. The molecule has 0 fully saturated rings. The van der Waals surface area contributed by atoms with Gasteiger partial charge in [-0.25, -0.2) is 4.98 Å². The lowest BCUT2D eigenvalue weighted by molar-refractivity contribution is -0.116. The number of hydrogen-bond donors (Lipinski definition) is 2. The van der Waals surface area contributed by atoms with Crippen LogP contribution in [-0.2, 0) is 30.5 Å². The van der Waals surface area contributed by atoms with Gasteiger partial charge in [0.05, 0.1) is 5.39 Å². The normalized spacial score (nSPS) is 16.3. The van der Waals surface area contributed by atoms with Crippen molar-refractivity contribution in [2.75, 3.05) is 5.32 Å². The van der Waals surface area contributed by atoms with Gasteiger partial charge in [0.1, 0.15) is 10.7 Å². The summed E-state index contributed by atoms with van der Waals surface area (Å²) in [5, 5.41) is 3.68. The zero-order valence-electron chi connectivity index (χ0n) is 18.8. The summed E-state index contributed by atoms with van der Waals surface area (Å²) in [5.74, 6) is 1.13. The van der Waals surface area contributed by atoms with Crippen LogP contribution in [0.3, 0.4) is 0 Å². The first kappa shape index (κ1) is 21.8. The number of hydrogen-bond acceptors (Lipinski definition) is 4. The second kappa shape index (κ2) is 8.58. The number of carbonyl (C=O) groups excluding carboxylic acids is 1. The van der Waals surface area contributed by atoms with Crippen LogP contribution in [0.4, 0.5) is 5.69 Å². The van der Waals surface area contributed by atoms with Crippen LogP contribution in [0.1, 0.15) is 62.4 Å². The Bertz CT molecular complexity index is 1150. The minimum Gasteiger partial charge on any atom is -0.326 e. The van der Waals surface area contributed by atoms with E-state index in [2.05, 4.69) is 38.0 Å². The van der Waals surface area contributed by atoms with E-state index >= 15 is 0 Å². The first-order valence-corrected chi connectivity index (χ1v) is 12.0. The smallest absolute Gasteiger partial charge is 0.259 e. The summed E-state index contributed by atoms with van der Waals surface area (Å²) in [6.07, 6.45) is 4.74. The maximum absolute atomic E-state index is 12.8. The molecular formula is C25H31N3O2S. The highest BCUT2D eigenvalue weighted by molar-refractivity contribution is 7.18. The number of anilines is 1. The van der Waals surface area contributed by atoms with Crippen LogP contribution in [-0.4, -0.2) is 15.9 Å². The summed E-state index contributed by atoms with van der Waals surface area (Å²) in [7, 11) is 0. The van der Waals surface area contributed by atoms with Crippen LogP contribution in [0.2, 0.25) is 0 Å². The van der Waals surface area contributed by atoms with E-state index in [1.54, 1.807) is 11.3 Å². The molecule has 0 saturated carbocycles. The highest BCUT2D eigenvalue weighted by atomic mass is 32.1. The number of fused-ring (bicyclic) bond motifs is 3. The first-order valence-electron chi connectivity index (χ1n) is 11.2. The molecule has 0 unspecified atom stereocenters. The molecule has 1 atom stereocenters. The van der Waals surface area contributed by atoms with Gasteiger partial charge in [0, 0.05) is 23.4 Å². The number of aromatic amines is 1. The average molecular weight is 438 g/mol. The molecular weight excluding hydrogens is 406 g/mol. The molecule has 1 aromatic carbocycles. The number of aryl methyl sites for hydroxylation is 3. The minimum absolute atomic E-state index is 0.0673. The fraction of sp³-hybridized carbons (Fsp3) is 0.480. The lowest BCUT2D eigenvalue weighted by atomic mass is 9.72. The topological polar surface area (TPSA) is 74.8 Å². The highest BCUT2D eigenvalue weighted by Crippen LogP contribution is 2.41. The van der Waals surface area contributed by atoms with Gasteiger partial charge in [-0.15, -0.1) is 11.3 Å². The van der Waals surface area contributed by atoms with Crippen molar-refractivity contribution in [3.8, 4) is 0 Å². The standard InChI is InChI=1S/C25H31N3O2S/c1-5-15-6-9-17(10-7-15)26-21(29)13-12-20-27-23(30)22-18-11-8-16(25(2,3)4)14-19(18)31-24(22)28-20/h6-7,9-10,16H,5,8,11-14H2,1-4H3,(H,26,29)(H,27,28,30)/t16-/m1/s1. The predicted octanol–water partition coefficient (Wildman–Crippen LogP) is 5.27. The third-order valence-corrected chi connectivity index (χ3v) is 7.58. The Labute approximate surface area is 187 Å². The Balaban J connectivity index is 1.46. The molecule has 2 aromatic heterocycles. The minimum atomic E-state index is -0.0783. The summed E-state index contributed by atoms with van der Waals surface area (Å²) < 4.78 is 0. The highest BCUT2D eigenvalue weighted by Gasteiger charge is 2.31. The van der Waals surface area contributed by atoms with E-state index < -0.39 is 0 Å². The molecule has 1 aliphatic rings. The second-order valence-electron chi connectivity index (χ2n) is 9.60. The van der Waals surface area contributed by atoms with Crippen molar-refractivity contribution in [2.45, 2.75) is 66.2 Å². The third-order valence-electron chi connectivity index (χ3n) is 6.43. The lowest BCUT2D eigenvalue weighted by Gasteiger charge is -2.33. The van der Waals surface area contributed by atoms with Gasteiger partial charge in [-0.3, -0.25) is 9.59 Å². The molecule has 164 valence electrons. The molecule has 4 rings (SSSR count). The lowest BCUT2D eigenvalue weighted by Crippen LogP contribution is -2.26. The van der Waals surface area contributed by atoms with Gasteiger partial charge in [-0.1, -0.05) is 39.8 Å². The first-order chi connectivity index (χ1) is 14.7. The summed E-state index contributed by atoms with van der Waals surface area (Å²) in [6.45, 7) is 8.98. The molecule has 31 heavy (non-hydrogen) atoms. The maximum atomic E-state index is 12.8. The van der Waals surface area contributed by atoms with Gasteiger partial charge in [0.2, 0.25) is 5.91 Å². The van der Waals surface area contributed by atoms with Crippen molar-refractivity contribution in [1.29, 1.82) is 0 Å². The fourth-order valence-corrected chi connectivity index (χ4v) is 5.68. The molecule has 0 aliphatic heterocycles. The molecule has 0 spiro atoms. The van der Waals surface area contributed by atoms with Gasteiger partial charge in [0.15, 0.2) is 0 Å². The van der Waals surface area contributed by atoms with Crippen molar-refractivity contribution in [3.05, 3.63) is 56.4 Å². The van der Waals surface area contributed by atoms with Gasteiger partial charge < -0.3 is 10.3 Å². The van der Waals surface area contributed by atoms with Crippen LogP contribution < -0.4 is 10.9 Å². The molecule has 5 nitrogen and oxygen atoms in total. The van der Waals surface area contributed by atoms with Gasteiger partial charge in [-0.2, -0.15) is 0 Å². The zero-order chi connectivity index (χ0) is 22.2.